The Balaban J connectivity index is 2.21. The van der Waals surface area contributed by atoms with Crippen molar-refractivity contribution in [2.75, 3.05) is 20.3 Å². The fourth-order valence-electron chi connectivity index (χ4n) is 2.88. The van der Waals surface area contributed by atoms with Crippen LogP contribution in [0.4, 0.5) is 0 Å². The van der Waals surface area contributed by atoms with Gasteiger partial charge < -0.3 is 50.0 Å². The molecule has 2 saturated heterocycles. The van der Waals surface area contributed by atoms with Crippen LogP contribution in [0.3, 0.4) is 0 Å². The standard InChI is InChI=1S/C14H24O11S/c1-23-13(22)11-12(9(20)7(18)4(2-15)24-11)26-14-10(21)8(19)6(17)5(3-16)25-14/h4-12,14-21H,2-3H2,1H3/t4-,5-,6+,7+,8+,9+,10-,11-,12+,14+/m1/s1. The van der Waals surface area contributed by atoms with Gasteiger partial charge in [-0.3, -0.25) is 0 Å². The van der Waals surface area contributed by atoms with E-state index in [1.54, 1.807) is 0 Å². The zero-order valence-corrected chi connectivity index (χ0v) is 14.7. The molecule has 0 amide bonds. The van der Waals surface area contributed by atoms with Crippen molar-refractivity contribution in [2.45, 2.75) is 59.5 Å². The summed E-state index contributed by atoms with van der Waals surface area (Å²) in [5.41, 5.74) is -1.25. The molecule has 12 heteroatoms. The molecular formula is C14H24O11S. The molecule has 0 aliphatic carbocycles. The monoisotopic (exact) mass is 400 g/mol. The van der Waals surface area contributed by atoms with E-state index in [1.165, 1.54) is 0 Å². The average Bonchev–Trinajstić information content (AvgIpc) is 2.65. The van der Waals surface area contributed by atoms with Crippen LogP contribution in [0.25, 0.3) is 0 Å². The maximum absolute atomic E-state index is 12.0. The number of carbonyl (C=O) groups is 1. The third kappa shape index (κ3) is 4.14. The first-order chi connectivity index (χ1) is 12.3. The van der Waals surface area contributed by atoms with Gasteiger partial charge in [0, 0.05) is 0 Å². The van der Waals surface area contributed by atoms with Crippen LogP contribution >= 0.6 is 11.8 Å². The van der Waals surface area contributed by atoms with E-state index in [9.17, 15) is 40.5 Å². The Labute approximate surface area is 153 Å². The fraction of sp³-hybridized carbons (Fsp3) is 0.929. The molecule has 26 heavy (non-hydrogen) atoms. The number of aliphatic hydroxyl groups excluding tert-OH is 7. The first-order valence-corrected chi connectivity index (χ1v) is 8.87. The lowest BCUT2D eigenvalue weighted by atomic mass is 9.97. The van der Waals surface area contributed by atoms with Crippen molar-refractivity contribution >= 4 is 17.7 Å². The van der Waals surface area contributed by atoms with Gasteiger partial charge in [-0.15, -0.1) is 11.8 Å². The second-order valence-electron chi connectivity index (χ2n) is 6.08. The van der Waals surface area contributed by atoms with E-state index in [0.29, 0.717) is 11.8 Å². The van der Waals surface area contributed by atoms with Gasteiger partial charge in [0.2, 0.25) is 0 Å². The van der Waals surface area contributed by atoms with Gasteiger partial charge in [0.1, 0.15) is 42.1 Å². The van der Waals surface area contributed by atoms with Gasteiger partial charge in [-0.2, -0.15) is 0 Å². The molecule has 2 fully saturated rings. The van der Waals surface area contributed by atoms with Crippen molar-refractivity contribution in [3.8, 4) is 0 Å². The van der Waals surface area contributed by atoms with E-state index in [0.717, 1.165) is 7.11 Å². The molecule has 2 rings (SSSR count). The van der Waals surface area contributed by atoms with E-state index >= 15 is 0 Å². The van der Waals surface area contributed by atoms with Crippen molar-refractivity contribution < 1.29 is 54.8 Å². The fourth-order valence-corrected chi connectivity index (χ4v) is 4.36. The number of ether oxygens (including phenoxy) is 3. The van der Waals surface area contributed by atoms with E-state index in [1.807, 2.05) is 0 Å². The predicted molar refractivity (Wildman–Crippen MR) is 84.9 cm³/mol. The van der Waals surface area contributed by atoms with Crippen LogP contribution in [0, 0.1) is 0 Å². The van der Waals surface area contributed by atoms with Crippen molar-refractivity contribution in [1.29, 1.82) is 0 Å². The molecule has 0 aromatic carbocycles. The summed E-state index contributed by atoms with van der Waals surface area (Å²) in [6.07, 6.45) is -11.7. The quantitative estimate of drug-likeness (QED) is 0.220. The number of esters is 1. The Morgan fingerprint density at radius 2 is 1.42 bits per heavy atom. The minimum Gasteiger partial charge on any atom is -0.467 e. The molecule has 0 aromatic rings. The number of hydrogen-bond donors (Lipinski definition) is 7. The summed E-state index contributed by atoms with van der Waals surface area (Å²) in [6.45, 7) is -1.29. The minimum atomic E-state index is -1.63. The summed E-state index contributed by atoms with van der Waals surface area (Å²) < 4.78 is 15.3. The Hall–Kier alpha value is -0.540. The minimum absolute atomic E-state index is 0.638. The Morgan fingerprint density at radius 3 is 1.96 bits per heavy atom. The van der Waals surface area contributed by atoms with Crippen LogP contribution in [-0.2, 0) is 19.0 Å². The van der Waals surface area contributed by atoms with Crippen molar-refractivity contribution in [2.24, 2.45) is 0 Å². The lowest BCUT2D eigenvalue weighted by Gasteiger charge is -2.45. The Kier molecular flexibility index (Phi) is 7.62. The molecule has 0 saturated carbocycles. The zero-order valence-electron chi connectivity index (χ0n) is 13.9. The Morgan fingerprint density at radius 1 is 0.885 bits per heavy atom. The van der Waals surface area contributed by atoms with Gasteiger partial charge in [0.25, 0.3) is 0 Å². The number of thioether (sulfide) groups is 1. The van der Waals surface area contributed by atoms with Gasteiger partial charge in [-0.1, -0.05) is 0 Å². The molecule has 10 atom stereocenters. The highest BCUT2D eigenvalue weighted by molar-refractivity contribution is 8.00. The summed E-state index contributed by atoms with van der Waals surface area (Å²) in [5, 5.41) is 67.4. The maximum Gasteiger partial charge on any atom is 0.336 e. The zero-order chi connectivity index (χ0) is 19.6. The van der Waals surface area contributed by atoms with Crippen molar-refractivity contribution in [3.05, 3.63) is 0 Å². The van der Waals surface area contributed by atoms with Crippen molar-refractivity contribution in [1.82, 2.24) is 0 Å². The van der Waals surface area contributed by atoms with E-state index in [2.05, 4.69) is 4.74 Å². The first kappa shape index (κ1) is 21.8. The van der Waals surface area contributed by atoms with Crippen LogP contribution in [0.1, 0.15) is 0 Å². The number of methoxy groups -OCH3 is 1. The molecule has 0 spiro atoms. The second-order valence-corrected chi connectivity index (χ2v) is 7.36. The summed E-state index contributed by atoms with van der Waals surface area (Å²) in [7, 11) is 1.09. The van der Waals surface area contributed by atoms with E-state index in [-0.39, 0.29) is 0 Å². The summed E-state index contributed by atoms with van der Waals surface area (Å²) in [4.78, 5) is 12.0. The molecule has 0 radical (unpaired) electrons. The summed E-state index contributed by atoms with van der Waals surface area (Å²) in [6, 6.07) is 0. The van der Waals surface area contributed by atoms with Gasteiger partial charge in [0.15, 0.2) is 6.10 Å². The number of rotatable bonds is 5. The third-order valence-corrected chi connectivity index (χ3v) is 5.94. The lowest BCUT2D eigenvalue weighted by molar-refractivity contribution is -0.208. The van der Waals surface area contributed by atoms with E-state index in [4.69, 9.17) is 9.47 Å². The molecule has 0 unspecified atom stereocenters. The van der Waals surface area contributed by atoms with E-state index < -0.39 is 78.7 Å². The SMILES string of the molecule is COC(=O)[C@@H]1O[C@H](CO)[C@H](O)[C@H](O)[C@@H]1S[C@@H]1O[C@H](CO)[C@H](O)[C@H](O)[C@H]1O. The predicted octanol–water partition coefficient (Wildman–Crippen LogP) is -4.46. The highest BCUT2D eigenvalue weighted by Gasteiger charge is 2.52. The van der Waals surface area contributed by atoms with Gasteiger partial charge >= 0.3 is 5.97 Å². The third-order valence-electron chi connectivity index (χ3n) is 4.44. The maximum atomic E-state index is 12.0. The van der Waals surface area contributed by atoms with Crippen LogP contribution in [0.2, 0.25) is 0 Å². The molecule has 152 valence electrons. The Bertz CT molecular complexity index is 478. The number of hydrogen-bond acceptors (Lipinski definition) is 12. The summed E-state index contributed by atoms with van der Waals surface area (Å²) in [5.74, 6) is -0.878. The molecule has 0 aromatic heterocycles. The number of carbonyl (C=O) groups excluding carboxylic acids is 1. The van der Waals surface area contributed by atoms with Crippen LogP contribution < -0.4 is 0 Å². The van der Waals surface area contributed by atoms with Gasteiger partial charge in [-0.05, 0) is 0 Å². The first-order valence-electron chi connectivity index (χ1n) is 7.93. The highest BCUT2D eigenvalue weighted by Crippen LogP contribution is 2.37. The average molecular weight is 400 g/mol. The topological polar surface area (TPSA) is 186 Å². The molecule has 2 aliphatic heterocycles. The van der Waals surface area contributed by atoms with Crippen LogP contribution in [-0.4, -0.2) is 122 Å². The molecule has 11 nitrogen and oxygen atoms in total. The second kappa shape index (κ2) is 9.10. The molecule has 7 N–H and O–H groups in total. The summed E-state index contributed by atoms with van der Waals surface area (Å²) >= 11 is 0.679. The molecule has 2 aliphatic rings. The molecule has 2 heterocycles. The normalized spacial score (nSPS) is 46.8. The lowest BCUT2D eigenvalue weighted by Crippen LogP contribution is -2.62. The van der Waals surface area contributed by atoms with Gasteiger partial charge in [0.05, 0.1) is 31.7 Å². The molecule has 0 bridgehead atoms. The molecular weight excluding hydrogens is 376 g/mol. The highest BCUT2D eigenvalue weighted by atomic mass is 32.2. The van der Waals surface area contributed by atoms with Crippen LogP contribution in [0.5, 0.6) is 0 Å². The number of aliphatic hydroxyl groups is 7. The van der Waals surface area contributed by atoms with Crippen LogP contribution in [0.15, 0.2) is 0 Å². The van der Waals surface area contributed by atoms with Gasteiger partial charge in [-0.25, -0.2) is 4.79 Å². The van der Waals surface area contributed by atoms with Crippen molar-refractivity contribution in [3.63, 3.8) is 0 Å². The largest absolute Gasteiger partial charge is 0.467 e. The smallest absolute Gasteiger partial charge is 0.336 e.